The van der Waals surface area contributed by atoms with E-state index in [1.54, 1.807) is 25.5 Å². The molecule has 0 aliphatic rings. The van der Waals surface area contributed by atoms with Gasteiger partial charge < -0.3 is 5.11 Å². The normalized spacial score (nSPS) is 13.1. The van der Waals surface area contributed by atoms with Crippen LogP contribution in [0.3, 0.4) is 0 Å². The predicted octanol–water partition coefficient (Wildman–Crippen LogP) is 1.68. The van der Waals surface area contributed by atoms with Gasteiger partial charge in [0.1, 0.15) is 0 Å². The minimum Gasteiger partial charge on any atom is -0.389 e. The molecule has 0 aliphatic carbocycles. The van der Waals surface area contributed by atoms with Crippen molar-refractivity contribution >= 4 is 10.9 Å². The molecule has 2 rings (SSSR count). The monoisotopic (exact) mass is 174 g/mol. The fraction of sp³-hybridized carbons (Fsp3) is 0.200. The van der Waals surface area contributed by atoms with Crippen LogP contribution in [-0.4, -0.2) is 15.1 Å². The Morgan fingerprint density at radius 1 is 1.38 bits per heavy atom. The van der Waals surface area contributed by atoms with Crippen LogP contribution in [0.25, 0.3) is 10.9 Å². The van der Waals surface area contributed by atoms with Crippen molar-refractivity contribution in [3.05, 3.63) is 36.3 Å². The molecule has 0 saturated carbocycles. The summed E-state index contributed by atoms with van der Waals surface area (Å²) in [5.41, 5.74) is 1.72. The Bertz CT molecular complexity index is 426. The van der Waals surface area contributed by atoms with Crippen molar-refractivity contribution in [3.63, 3.8) is 0 Å². The fourth-order valence-electron chi connectivity index (χ4n) is 1.22. The van der Waals surface area contributed by atoms with E-state index in [0.717, 1.165) is 16.5 Å². The number of fused-ring (bicyclic) bond motifs is 1. The van der Waals surface area contributed by atoms with Crippen LogP contribution in [0.4, 0.5) is 0 Å². The number of rotatable bonds is 1. The second-order valence-electron chi connectivity index (χ2n) is 3.01. The lowest BCUT2D eigenvalue weighted by Crippen LogP contribution is -1.92. The molecule has 0 saturated heterocycles. The summed E-state index contributed by atoms with van der Waals surface area (Å²) < 4.78 is 0. The van der Waals surface area contributed by atoms with Gasteiger partial charge in [-0.2, -0.15) is 0 Å². The highest BCUT2D eigenvalue weighted by atomic mass is 16.3. The molecule has 2 aromatic rings. The van der Waals surface area contributed by atoms with Gasteiger partial charge in [-0.3, -0.25) is 9.97 Å². The van der Waals surface area contributed by atoms with E-state index in [4.69, 9.17) is 0 Å². The lowest BCUT2D eigenvalue weighted by atomic mass is 10.1. The van der Waals surface area contributed by atoms with Crippen LogP contribution in [0.5, 0.6) is 0 Å². The number of aliphatic hydroxyl groups is 1. The van der Waals surface area contributed by atoms with Crippen molar-refractivity contribution in [2.24, 2.45) is 0 Å². The number of aromatic nitrogens is 2. The molecule has 2 heterocycles. The van der Waals surface area contributed by atoms with Crippen molar-refractivity contribution in [2.75, 3.05) is 0 Å². The summed E-state index contributed by atoms with van der Waals surface area (Å²) in [7, 11) is 0. The molecule has 1 atom stereocenters. The SMILES string of the molecule is CC(O)c1cnc2ccncc2c1. The van der Waals surface area contributed by atoms with Gasteiger partial charge in [-0.05, 0) is 24.6 Å². The summed E-state index contributed by atoms with van der Waals surface area (Å²) in [5, 5.41) is 10.3. The number of pyridine rings is 2. The highest BCUT2D eigenvalue weighted by Gasteiger charge is 2.01. The molecule has 0 aliphatic heterocycles. The van der Waals surface area contributed by atoms with Crippen LogP contribution in [0.1, 0.15) is 18.6 Å². The average Bonchev–Trinajstić information content (AvgIpc) is 2.17. The van der Waals surface area contributed by atoms with Gasteiger partial charge in [-0.15, -0.1) is 0 Å². The van der Waals surface area contributed by atoms with E-state index in [0.29, 0.717) is 0 Å². The van der Waals surface area contributed by atoms with Gasteiger partial charge >= 0.3 is 0 Å². The smallest absolute Gasteiger partial charge is 0.0777 e. The minimum absolute atomic E-state index is 0.475. The summed E-state index contributed by atoms with van der Waals surface area (Å²) in [4.78, 5) is 8.19. The van der Waals surface area contributed by atoms with Crippen LogP contribution in [0.2, 0.25) is 0 Å². The Hall–Kier alpha value is -1.48. The fourth-order valence-corrected chi connectivity index (χ4v) is 1.22. The molecule has 3 nitrogen and oxygen atoms in total. The predicted molar refractivity (Wildman–Crippen MR) is 50.2 cm³/mol. The van der Waals surface area contributed by atoms with Crippen LogP contribution < -0.4 is 0 Å². The summed E-state index contributed by atoms with van der Waals surface area (Å²) in [5.74, 6) is 0. The lowest BCUT2D eigenvalue weighted by Gasteiger charge is -2.04. The molecule has 0 aromatic carbocycles. The second-order valence-corrected chi connectivity index (χ2v) is 3.01. The molecule has 13 heavy (non-hydrogen) atoms. The topological polar surface area (TPSA) is 46.0 Å². The maximum Gasteiger partial charge on any atom is 0.0777 e. The lowest BCUT2D eigenvalue weighted by molar-refractivity contribution is 0.199. The van der Waals surface area contributed by atoms with Crippen molar-refractivity contribution < 1.29 is 5.11 Å². The van der Waals surface area contributed by atoms with Gasteiger partial charge in [0.25, 0.3) is 0 Å². The first-order chi connectivity index (χ1) is 6.27. The zero-order valence-corrected chi connectivity index (χ0v) is 7.31. The van der Waals surface area contributed by atoms with Gasteiger partial charge in [0.2, 0.25) is 0 Å². The van der Waals surface area contributed by atoms with Gasteiger partial charge in [-0.25, -0.2) is 0 Å². The van der Waals surface area contributed by atoms with Crippen molar-refractivity contribution in [1.82, 2.24) is 9.97 Å². The third-order valence-electron chi connectivity index (χ3n) is 1.99. The van der Waals surface area contributed by atoms with Crippen LogP contribution in [0, 0.1) is 0 Å². The molecule has 0 amide bonds. The number of nitrogens with zero attached hydrogens (tertiary/aromatic N) is 2. The molecular formula is C10H10N2O. The quantitative estimate of drug-likeness (QED) is 0.715. The molecule has 0 radical (unpaired) electrons. The Morgan fingerprint density at radius 2 is 2.23 bits per heavy atom. The second kappa shape index (κ2) is 3.11. The third kappa shape index (κ3) is 1.51. The molecule has 0 fully saturated rings. The van der Waals surface area contributed by atoms with Gasteiger partial charge in [0, 0.05) is 24.0 Å². The minimum atomic E-state index is -0.475. The summed E-state index contributed by atoms with van der Waals surface area (Å²) in [6, 6.07) is 3.75. The standard InChI is InChI=1S/C10H10N2O/c1-7(13)8-4-9-5-11-3-2-10(9)12-6-8/h2-7,13H,1H3. The number of hydrogen-bond acceptors (Lipinski definition) is 3. The molecule has 0 spiro atoms. The Labute approximate surface area is 76.1 Å². The van der Waals surface area contributed by atoms with E-state index in [1.807, 2.05) is 12.1 Å². The van der Waals surface area contributed by atoms with Crippen molar-refractivity contribution in [1.29, 1.82) is 0 Å². The number of hydrogen-bond donors (Lipinski definition) is 1. The third-order valence-corrected chi connectivity index (χ3v) is 1.99. The van der Waals surface area contributed by atoms with Crippen LogP contribution in [0.15, 0.2) is 30.7 Å². The van der Waals surface area contributed by atoms with E-state index < -0.39 is 6.10 Å². The van der Waals surface area contributed by atoms with Crippen molar-refractivity contribution in [2.45, 2.75) is 13.0 Å². The largest absolute Gasteiger partial charge is 0.389 e. The van der Waals surface area contributed by atoms with E-state index in [1.165, 1.54) is 0 Å². The molecular weight excluding hydrogens is 164 g/mol. The Morgan fingerprint density at radius 3 is 3.00 bits per heavy atom. The maximum absolute atomic E-state index is 9.32. The number of aliphatic hydroxyl groups excluding tert-OH is 1. The first kappa shape index (κ1) is 8.13. The molecule has 3 heteroatoms. The molecule has 1 N–H and O–H groups in total. The highest BCUT2D eigenvalue weighted by Crippen LogP contribution is 2.16. The zero-order valence-electron chi connectivity index (χ0n) is 7.31. The summed E-state index contributed by atoms with van der Waals surface area (Å²) in [6.45, 7) is 1.72. The van der Waals surface area contributed by atoms with Crippen molar-refractivity contribution in [3.8, 4) is 0 Å². The van der Waals surface area contributed by atoms with E-state index in [2.05, 4.69) is 9.97 Å². The summed E-state index contributed by atoms with van der Waals surface area (Å²) in [6.07, 6.45) is 4.66. The van der Waals surface area contributed by atoms with E-state index in [-0.39, 0.29) is 0 Å². The maximum atomic E-state index is 9.32. The van der Waals surface area contributed by atoms with Gasteiger partial charge in [0.15, 0.2) is 0 Å². The first-order valence-electron chi connectivity index (χ1n) is 4.15. The summed E-state index contributed by atoms with van der Waals surface area (Å²) >= 11 is 0. The first-order valence-corrected chi connectivity index (χ1v) is 4.15. The highest BCUT2D eigenvalue weighted by molar-refractivity contribution is 5.77. The van der Waals surface area contributed by atoms with Crippen LogP contribution >= 0.6 is 0 Å². The van der Waals surface area contributed by atoms with E-state index in [9.17, 15) is 5.11 Å². The van der Waals surface area contributed by atoms with Crippen LogP contribution in [-0.2, 0) is 0 Å². The van der Waals surface area contributed by atoms with E-state index >= 15 is 0 Å². The Balaban J connectivity index is 2.62. The average molecular weight is 174 g/mol. The molecule has 0 bridgehead atoms. The van der Waals surface area contributed by atoms with Gasteiger partial charge in [-0.1, -0.05) is 0 Å². The van der Waals surface area contributed by atoms with Gasteiger partial charge in [0.05, 0.1) is 11.6 Å². The Kier molecular flexibility index (Phi) is 1.94. The molecule has 1 unspecified atom stereocenters. The zero-order chi connectivity index (χ0) is 9.26. The molecule has 66 valence electrons. The molecule has 2 aromatic heterocycles.